The Hall–Kier alpha value is -0.470. The van der Waals surface area contributed by atoms with Crippen molar-refractivity contribution in [2.24, 2.45) is 0 Å². The van der Waals surface area contributed by atoms with Crippen LogP contribution in [-0.4, -0.2) is 17.8 Å². The molecule has 2 rings (SSSR count). The topological polar surface area (TPSA) is 3.24 Å². The van der Waals surface area contributed by atoms with E-state index >= 15 is 0 Å². The second-order valence-corrected chi connectivity index (χ2v) is 4.40. The van der Waals surface area contributed by atoms with E-state index < -0.39 is 0 Å². The number of thiol groups is 1. The van der Waals surface area contributed by atoms with E-state index in [1.807, 2.05) is 0 Å². The molecule has 0 aliphatic heterocycles. The summed E-state index contributed by atoms with van der Waals surface area (Å²) in [4.78, 5) is 2.21. The molecule has 0 amide bonds. The zero-order valence-corrected chi connectivity index (χ0v) is 9.56. The van der Waals surface area contributed by atoms with Crippen LogP contribution in [0.5, 0.6) is 0 Å². The van der Waals surface area contributed by atoms with Crippen LogP contribution >= 0.6 is 12.6 Å². The van der Waals surface area contributed by atoms with Gasteiger partial charge in [0.1, 0.15) is 0 Å². The van der Waals surface area contributed by atoms with Gasteiger partial charge in [0.2, 0.25) is 0 Å². The van der Waals surface area contributed by atoms with Crippen molar-refractivity contribution < 1.29 is 0 Å². The van der Waals surface area contributed by atoms with Crippen LogP contribution in [0, 0.1) is 0 Å². The Kier molecular flexibility index (Phi) is 3.14. The van der Waals surface area contributed by atoms with Crippen LogP contribution in [0.1, 0.15) is 23.1 Å². The average molecular weight is 207 g/mol. The van der Waals surface area contributed by atoms with Crippen LogP contribution in [0.25, 0.3) is 0 Å². The fourth-order valence-corrected chi connectivity index (χ4v) is 2.19. The van der Waals surface area contributed by atoms with Crippen molar-refractivity contribution in [3.05, 3.63) is 34.9 Å². The first-order chi connectivity index (χ1) is 6.79. The maximum atomic E-state index is 4.25. The summed E-state index contributed by atoms with van der Waals surface area (Å²) in [6, 6.07) is 6.91. The fraction of sp³-hybridized carbons (Fsp3) is 0.500. The highest BCUT2D eigenvalue weighted by molar-refractivity contribution is 7.80. The van der Waals surface area contributed by atoms with E-state index in [9.17, 15) is 0 Å². The Bertz CT molecular complexity index is 322. The standard InChI is InChI=1S/C12H17NS/c1-13(9-14)8-10-5-6-11-3-2-4-12(11)7-10/h5-7,14H,2-4,8-9H2,1H3. The summed E-state index contributed by atoms with van der Waals surface area (Å²) in [6.07, 6.45) is 3.88. The van der Waals surface area contributed by atoms with Gasteiger partial charge in [-0.25, -0.2) is 0 Å². The van der Waals surface area contributed by atoms with Gasteiger partial charge in [0.05, 0.1) is 0 Å². The van der Waals surface area contributed by atoms with Crippen molar-refractivity contribution in [1.82, 2.24) is 4.90 Å². The molecule has 1 aliphatic rings. The lowest BCUT2D eigenvalue weighted by Crippen LogP contribution is -2.15. The average Bonchev–Trinajstić information content (AvgIpc) is 2.64. The second kappa shape index (κ2) is 4.37. The van der Waals surface area contributed by atoms with Crippen molar-refractivity contribution in [3.63, 3.8) is 0 Å². The fourth-order valence-electron chi connectivity index (χ4n) is 2.09. The van der Waals surface area contributed by atoms with Gasteiger partial charge in [-0.3, -0.25) is 4.90 Å². The Morgan fingerprint density at radius 3 is 2.86 bits per heavy atom. The van der Waals surface area contributed by atoms with E-state index in [1.165, 1.54) is 24.8 Å². The molecule has 14 heavy (non-hydrogen) atoms. The first kappa shape index (κ1) is 10.1. The van der Waals surface area contributed by atoms with Crippen LogP contribution in [0.3, 0.4) is 0 Å². The molecule has 0 aromatic heterocycles. The Labute approximate surface area is 91.5 Å². The lowest BCUT2D eigenvalue weighted by atomic mass is 10.1. The Balaban J connectivity index is 2.12. The zero-order valence-electron chi connectivity index (χ0n) is 8.66. The first-order valence-electron chi connectivity index (χ1n) is 5.19. The second-order valence-electron chi connectivity index (χ2n) is 4.11. The summed E-state index contributed by atoms with van der Waals surface area (Å²) >= 11 is 4.25. The molecule has 0 atom stereocenters. The maximum Gasteiger partial charge on any atom is 0.0414 e. The van der Waals surface area contributed by atoms with Gasteiger partial charge >= 0.3 is 0 Å². The summed E-state index contributed by atoms with van der Waals surface area (Å²) in [5, 5.41) is 0. The zero-order chi connectivity index (χ0) is 9.97. The van der Waals surface area contributed by atoms with Crippen molar-refractivity contribution in [3.8, 4) is 0 Å². The van der Waals surface area contributed by atoms with Crippen molar-refractivity contribution in [2.45, 2.75) is 25.8 Å². The summed E-state index contributed by atoms with van der Waals surface area (Å²) in [7, 11) is 2.10. The summed E-state index contributed by atoms with van der Waals surface area (Å²) in [5.74, 6) is 0.817. The highest BCUT2D eigenvalue weighted by Gasteiger charge is 2.10. The van der Waals surface area contributed by atoms with Gasteiger partial charge in [0.25, 0.3) is 0 Å². The van der Waals surface area contributed by atoms with Crippen molar-refractivity contribution >= 4 is 12.6 Å². The number of benzene rings is 1. The third kappa shape index (κ3) is 2.12. The molecular formula is C12H17NS. The SMILES string of the molecule is CN(CS)Cc1ccc2c(c1)CCC2. The largest absolute Gasteiger partial charge is 0.293 e. The van der Waals surface area contributed by atoms with Gasteiger partial charge in [0, 0.05) is 12.4 Å². The molecule has 1 aromatic rings. The molecule has 0 unspecified atom stereocenters. The summed E-state index contributed by atoms with van der Waals surface area (Å²) < 4.78 is 0. The molecule has 2 heteroatoms. The first-order valence-corrected chi connectivity index (χ1v) is 5.83. The summed E-state index contributed by atoms with van der Waals surface area (Å²) in [5.41, 5.74) is 4.54. The molecule has 0 bridgehead atoms. The number of fused-ring (bicyclic) bond motifs is 1. The highest BCUT2D eigenvalue weighted by atomic mass is 32.1. The molecule has 0 saturated heterocycles. The van der Waals surface area contributed by atoms with Gasteiger partial charge in [-0.15, -0.1) is 0 Å². The van der Waals surface area contributed by atoms with Gasteiger partial charge in [0.15, 0.2) is 0 Å². The molecule has 0 radical (unpaired) electrons. The van der Waals surface area contributed by atoms with Crippen LogP contribution in [0.2, 0.25) is 0 Å². The molecule has 0 saturated carbocycles. The van der Waals surface area contributed by atoms with Crippen LogP contribution in [0.15, 0.2) is 18.2 Å². The quantitative estimate of drug-likeness (QED) is 0.589. The van der Waals surface area contributed by atoms with Gasteiger partial charge < -0.3 is 0 Å². The number of hydrogen-bond donors (Lipinski definition) is 1. The highest BCUT2D eigenvalue weighted by Crippen LogP contribution is 2.23. The Morgan fingerprint density at radius 1 is 1.29 bits per heavy atom. The smallest absolute Gasteiger partial charge is 0.0414 e. The van der Waals surface area contributed by atoms with Gasteiger partial charge in [-0.2, -0.15) is 12.6 Å². The summed E-state index contributed by atoms with van der Waals surface area (Å²) in [6.45, 7) is 1.01. The van der Waals surface area contributed by atoms with Gasteiger partial charge in [-0.05, 0) is 43.0 Å². The maximum absolute atomic E-state index is 4.25. The molecule has 0 N–H and O–H groups in total. The molecular weight excluding hydrogens is 190 g/mol. The lowest BCUT2D eigenvalue weighted by molar-refractivity contribution is 0.387. The molecule has 1 aromatic carbocycles. The van der Waals surface area contributed by atoms with E-state index in [4.69, 9.17) is 0 Å². The van der Waals surface area contributed by atoms with Crippen molar-refractivity contribution in [1.29, 1.82) is 0 Å². The lowest BCUT2D eigenvalue weighted by Gasteiger charge is -2.13. The molecule has 1 nitrogen and oxygen atoms in total. The number of nitrogens with zero attached hydrogens (tertiary/aromatic N) is 1. The third-order valence-corrected chi connectivity index (χ3v) is 3.34. The molecule has 1 aliphatic carbocycles. The minimum absolute atomic E-state index is 0.817. The minimum Gasteiger partial charge on any atom is -0.293 e. The Morgan fingerprint density at radius 2 is 2.07 bits per heavy atom. The van der Waals surface area contributed by atoms with Crippen LogP contribution in [0.4, 0.5) is 0 Å². The van der Waals surface area contributed by atoms with Crippen LogP contribution < -0.4 is 0 Å². The van der Waals surface area contributed by atoms with E-state index in [1.54, 1.807) is 11.1 Å². The van der Waals surface area contributed by atoms with E-state index in [0.29, 0.717) is 0 Å². The van der Waals surface area contributed by atoms with E-state index in [-0.39, 0.29) is 0 Å². The molecule has 0 spiro atoms. The number of hydrogen-bond acceptors (Lipinski definition) is 2. The van der Waals surface area contributed by atoms with Crippen molar-refractivity contribution in [2.75, 3.05) is 12.9 Å². The molecule has 0 fully saturated rings. The predicted octanol–water partition coefficient (Wildman–Crippen LogP) is 2.49. The number of aryl methyl sites for hydroxylation is 2. The normalized spacial score (nSPS) is 14.8. The van der Waals surface area contributed by atoms with Crippen LogP contribution in [-0.2, 0) is 19.4 Å². The van der Waals surface area contributed by atoms with E-state index in [0.717, 1.165) is 12.4 Å². The molecule has 76 valence electrons. The van der Waals surface area contributed by atoms with E-state index in [2.05, 4.69) is 42.8 Å². The predicted molar refractivity (Wildman–Crippen MR) is 63.8 cm³/mol. The minimum atomic E-state index is 0.817. The molecule has 0 heterocycles. The van der Waals surface area contributed by atoms with Gasteiger partial charge in [-0.1, -0.05) is 18.2 Å². The number of rotatable bonds is 3. The monoisotopic (exact) mass is 207 g/mol. The third-order valence-electron chi connectivity index (χ3n) is 2.86.